The summed E-state index contributed by atoms with van der Waals surface area (Å²) in [5, 5.41) is 10.1. The van der Waals surface area contributed by atoms with Crippen LogP contribution in [-0.2, 0) is 0 Å². The second-order valence-electron chi connectivity index (χ2n) is 3.55. The fraction of sp³-hybridized carbons (Fsp3) is 0.154. The van der Waals surface area contributed by atoms with Crippen molar-refractivity contribution in [3.63, 3.8) is 0 Å². The third-order valence-corrected chi connectivity index (χ3v) is 2.47. The topological polar surface area (TPSA) is 33.1 Å². The maximum absolute atomic E-state index is 10.1. The summed E-state index contributed by atoms with van der Waals surface area (Å²) in [6.07, 6.45) is 2.91. The van der Waals surface area contributed by atoms with Crippen LogP contribution in [0.4, 0.5) is 0 Å². The van der Waals surface area contributed by atoms with Crippen LogP contribution >= 0.6 is 0 Å². The molecule has 2 heteroatoms. The van der Waals surface area contributed by atoms with Gasteiger partial charge in [-0.2, -0.15) is 0 Å². The molecule has 0 spiro atoms. The Labute approximate surface area is 89.2 Å². The van der Waals surface area contributed by atoms with Gasteiger partial charge in [-0.05, 0) is 29.7 Å². The molecule has 15 heavy (non-hydrogen) atoms. The molecule has 2 nitrogen and oxygen atoms in total. The fourth-order valence-corrected chi connectivity index (χ4v) is 1.61. The molecule has 0 saturated heterocycles. The van der Waals surface area contributed by atoms with Crippen LogP contribution in [0.1, 0.15) is 22.8 Å². The number of aryl methyl sites for hydroxylation is 1. The first-order valence-corrected chi connectivity index (χ1v) is 4.92. The van der Waals surface area contributed by atoms with E-state index in [9.17, 15) is 5.11 Å². The number of aliphatic hydroxyl groups excluding tert-OH is 1. The number of aliphatic hydroxyl groups is 1. The summed E-state index contributed by atoms with van der Waals surface area (Å²) in [6, 6.07) is 11.5. The average molecular weight is 199 g/mol. The first-order chi connectivity index (χ1) is 7.29. The van der Waals surface area contributed by atoms with Crippen molar-refractivity contribution in [2.45, 2.75) is 13.0 Å². The second-order valence-corrected chi connectivity index (χ2v) is 3.55. The van der Waals surface area contributed by atoms with E-state index >= 15 is 0 Å². The van der Waals surface area contributed by atoms with E-state index in [4.69, 9.17) is 0 Å². The molecule has 0 aliphatic rings. The third-order valence-electron chi connectivity index (χ3n) is 2.47. The third kappa shape index (κ3) is 2.05. The zero-order chi connectivity index (χ0) is 10.7. The van der Waals surface area contributed by atoms with Crippen LogP contribution in [0, 0.1) is 6.92 Å². The minimum absolute atomic E-state index is 0.561. The van der Waals surface area contributed by atoms with Crippen LogP contribution in [0.2, 0.25) is 0 Å². The zero-order valence-corrected chi connectivity index (χ0v) is 8.59. The molecule has 0 radical (unpaired) electrons. The van der Waals surface area contributed by atoms with Gasteiger partial charge >= 0.3 is 0 Å². The SMILES string of the molecule is Cc1cnccc1[C@H](O)c1ccccc1. The summed E-state index contributed by atoms with van der Waals surface area (Å²) in [6.45, 7) is 1.95. The number of nitrogens with zero attached hydrogens (tertiary/aromatic N) is 1. The van der Waals surface area contributed by atoms with E-state index in [-0.39, 0.29) is 0 Å². The van der Waals surface area contributed by atoms with E-state index in [2.05, 4.69) is 4.98 Å². The van der Waals surface area contributed by atoms with Gasteiger partial charge in [0.2, 0.25) is 0 Å². The highest BCUT2D eigenvalue weighted by Crippen LogP contribution is 2.23. The molecule has 0 bridgehead atoms. The van der Waals surface area contributed by atoms with Crippen molar-refractivity contribution in [1.29, 1.82) is 0 Å². The van der Waals surface area contributed by atoms with E-state index in [1.54, 1.807) is 12.4 Å². The molecule has 0 unspecified atom stereocenters. The van der Waals surface area contributed by atoms with Crippen molar-refractivity contribution < 1.29 is 5.11 Å². The maximum Gasteiger partial charge on any atom is 0.104 e. The van der Waals surface area contributed by atoms with Gasteiger partial charge in [-0.15, -0.1) is 0 Å². The average Bonchev–Trinajstić information content (AvgIpc) is 2.30. The maximum atomic E-state index is 10.1. The van der Waals surface area contributed by atoms with Crippen LogP contribution in [0.25, 0.3) is 0 Å². The lowest BCUT2D eigenvalue weighted by molar-refractivity contribution is 0.219. The van der Waals surface area contributed by atoms with E-state index in [1.807, 2.05) is 43.3 Å². The molecule has 0 amide bonds. The number of hydrogen-bond acceptors (Lipinski definition) is 2. The van der Waals surface area contributed by atoms with Crippen molar-refractivity contribution in [3.8, 4) is 0 Å². The van der Waals surface area contributed by atoms with Gasteiger partial charge in [0.15, 0.2) is 0 Å². The van der Waals surface area contributed by atoms with E-state index < -0.39 is 6.10 Å². The predicted octanol–water partition coefficient (Wildman–Crippen LogP) is 2.47. The van der Waals surface area contributed by atoms with Gasteiger partial charge in [0, 0.05) is 12.4 Å². The summed E-state index contributed by atoms with van der Waals surface area (Å²) < 4.78 is 0. The molecule has 1 aromatic heterocycles. The normalized spacial score (nSPS) is 12.4. The molecule has 2 aromatic rings. The summed E-state index contributed by atoms with van der Waals surface area (Å²) in [5.41, 5.74) is 2.83. The fourth-order valence-electron chi connectivity index (χ4n) is 1.61. The minimum Gasteiger partial charge on any atom is -0.384 e. The summed E-state index contributed by atoms with van der Waals surface area (Å²) in [4.78, 5) is 4.01. The van der Waals surface area contributed by atoms with Crippen LogP contribution in [0.5, 0.6) is 0 Å². The van der Waals surface area contributed by atoms with Gasteiger partial charge in [0.25, 0.3) is 0 Å². The summed E-state index contributed by atoms with van der Waals surface area (Å²) >= 11 is 0. The van der Waals surface area contributed by atoms with Crippen LogP contribution in [-0.4, -0.2) is 10.1 Å². The zero-order valence-electron chi connectivity index (χ0n) is 8.59. The van der Waals surface area contributed by atoms with Crippen molar-refractivity contribution in [3.05, 3.63) is 65.5 Å². The van der Waals surface area contributed by atoms with Crippen LogP contribution in [0.15, 0.2) is 48.8 Å². The quantitative estimate of drug-likeness (QED) is 0.806. The Morgan fingerprint density at radius 2 is 1.87 bits per heavy atom. The van der Waals surface area contributed by atoms with Gasteiger partial charge in [-0.25, -0.2) is 0 Å². The van der Waals surface area contributed by atoms with Gasteiger partial charge in [0.05, 0.1) is 0 Å². The number of rotatable bonds is 2. The Morgan fingerprint density at radius 3 is 2.53 bits per heavy atom. The molecule has 1 heterocycles. The van der Waals surface area contributed by atoms with Gasteiger partial charge in [-0.3, -0.25) is 4.98 Å². The lowest BCUT2D eigenvalue weighted by Crippen LogP contribution is -2.01. The number of benzene rings is 1. The second kappa shape index (κ2) is 4.24. The molecule has 1 atom stereocenters. The van der Waals surface area contributed by atoms with E-state index in [0.717, 1.165) is 16.7 Å². The predicted molar refractivity (Wildman–Crippen MR) is 59.5 cm³/mol. The van der Waals surface area contributed by atoms with Crippen LogP contribution in [0.3, 0.4) is 0 Å². The molecule has 76 valence electrons. The molecule has 1 N–H and O–H groups in total. The largest absolute Gasteiger partial charge is 0.384 e. The first-order valence-electron chi connectivity index (χ1n) is 4.92. The van der Waals surface area contributed by atoms with E-state index in [0.29, 0.717) is 0 Å². The van der Waals surface area contributed by atoms with Crippen LogP contribution < -0.4 is 0 Å². The molecule has 0 aliphatic heterocycles. The summed E-state index contributed by atoms with van der Waals surface area (Å²) in [5.74, 6) is 0. The number of aromatic nitrogens is 1. The number of pyridine rings is 1. The first kappa shape index (κ1) is 9.87. The lowest BCUT2D eigenvalue weighted by atomic mass is 9.99. The molecule has 0 aliphatic carbocycles. The van der Waals surface area contributed by atoms with Crippen molar-refractivity contribution >= 4 is 0 Å². The van der Waals surface area contributed by atoms with E-state index in [1.165, 1.54) is 0 Å². The highest BCUT2D eigenvalue weighted by molar-refractivity contribution is 5.32. The van der Waals surface area contributed by atoms with Crippen molar-refractivity contribution in [1.82, 2.24) is 4.98 Å². The van der Waals surface area contributed by atoms with Crippen molar-refractivity contribution in [2.24, 2.45) is 0 Å². The van der Waals surface area contributed by atoms with Gasteiger partial charge < -0.3 is 5.11 Å². The van der Waals surface area contributed by atoms with Crippen molar-refractivity contribution in [2.75, 3.05) is 0 Å². The Bertz CT molecular complexity index is 439. The minimum atomic E-state index is -0.561. The molecule has 2 rings (SSSR count). The molecule has 0 fully saturated rings. The molecule has 0 saturated carbocycles. The Hall–Kier alpha value is -1.67. The monoisotopic (exact) mass is 199 g/mol. The number of hydrogen-bond donors (Lipinski definition) is 1. The van der Waals surface area contributed by atoms with Gasteiger partial charge in [0.1, 0.15) is 6.10 Å². The molecular formula is C13H13NO. The van der Waals surface area contributed by atoms with Gasteiger partial charge in [-0.1, -0.05) is 30.3 Å². The Balaban J connectivity index is 2.37. The molecular weight excluding hydrogens is 186 g/mol. The highest BCUT2D eigenvalue weighted by Gasteiger charge is 2.11. The Morgan fingerprint density at radius 1 is 1.13 bits per heavy atom. The Kier molecular flexibility index (Phi) is 2.79. The smallest absolute Gasteiger partial charge is 0.104 e. The summed E-state index contributed by atoms with van der Waals surface area (Å²) in [7, 11) is 0. The standard InChI is InChI=1S/C13H13NO/c1-10-9-14-8-7-12(10)13(15)11-5-3-2-4-6-11/h2-9,13,15H,1H3/t13-/m1/s1. The lowest BCUT2D eigenvalue weighted by Gasteiger charge is -2.13. The highest BCUT2D eigenvalue weighted by atomic mass is 16.3. The molecule has 1 aromatic carbocycles.